The summed E-state index contributed by atoms with van der Waals surface area (Å²) in [7, 11) is 0. The molecule has 0 aliphatic heterocycles. The first-order chi connectivity index (χ1) is 12.1. The fraction of sp³-hybridized carbons (Fsp3) is 0.211. The highest BCUT2D eigenvalue weighted by atomic mass is 32.1. The number of rotatable bonds is 6. The summed E-state index contributed by atoms with van der Waals surface area (Å²) in [6.45, 7) is 4.03. The molecule has 0 saturated heterocycles. The third-order valence-corrected chi connectivity index (χ3v) is 4.66. The van der Waals surface area contributed by atoms with Crippen molar-refractivity contribution in [3.05, 3.63) is 54.1 Å². The van der Waals surface area contributed by atoms with E-state index in [4.69, 9.17) is 0 Å². The maximum atomic E-state index is 12.2. The van der Waals surface area contributed by atoms with E-state index in [2.05, 4.69) is 27.8 Å². The zero-order valence-electron chi connectivity index (χ0n) is 14.2. The monoisotopic (exact) mass is 352 g/mol. The topological polar surface area (TPSA) is 66.4 Å². The third kappa shape index (κ3) is 4.64. The molecule has 0 radical (unpaired) electrons. The second-order valence-electron chi connectivity index (χ2n) is 5.72. The number of benzene rings is 2. The minimum absolute atomic E-state index is 0.0309. The van der Waals surface area contributed by atoms with Gasteiger partial charge in [0.2, 0.25) is 11.0 Å². The lowest BCUT2D eigenvalue weighted by Gasteiger charge is -2.05. The maximum absolute atomic E-state index is 12.2. The first kappa shape index (κ1) is 17.1. The van der Waals surface area contributed by atoms with Gasteiger partial charge in [-0.15, -0.1) is 0 Å². The number of hydrogen-bond donors (Lipinski definition) is 2. The van der Waals surface area contributed by atoms with Crippen LogP contribution in [0.1, 0.15) is 25.8 Å². The Morgan fingerprint density at radius 2 is 2.00 bits per heavy atom. The SMILES string of the molecule is CC/C(C)=N/Nc1nc2ccc(NC(=O)Cc3ccccc3)cc2s1. The van der Waals surface area contributed by atoms with Gasteiger partial charge in [0.15, 0.2) is 0 Å². The number of carbonyl (C=O) groups is 1. The van der Waals surface area contributed by atoms with Crippen molar-refractivity contribution >= 4 is 44.0 Å². The fourth-order valence-electron chi connectivity index (χ4n) is 2.26. The van der Waals surface area contributed by atoms with Crippen LogP contribution in [-0.2, 0) is 11.2 Å². The summed E-state index contributed by atoms with van der Waals surface area (Å²) in [5.41, 5.74) is 6.66. The Labute approximate surface area is 150 Å². The molecule has 2 aromatic carbocycles. The first-order valence-electron chi connectivity index (χ1n) is 8.17. The molecule has 0 saturated carbocycles. The van der Waals surface area contributed by atoms with E-state index in [0.29, 0.717) is 6.42 Å². The van der Waals surface area contributed by atoms with Crippen LogP contribution >= 0.6 is 11.3 Å². The standard InChI is InChI=1S/C19H20N4OS/c1-3-13(2)22-23-19-21-16-10-9-15(12-17(16)25-19)20-18(24)11-14-7-5-4-6-8-14/h4-10,12H,3,11H2,1-2H3,(H,20,24)(H,21,23)/b22-13+. The summed E-state index contributed by atoms with van der Waals surface area (Å²) in [5.74, 6) is -0.0309. The molecule has 0 aliphatic rings. The number of thiazole rings is 1. The van der Waals surface area contributed by atoms with Gasteiger partial charge in [-0.05, 0) is 37.1 Å². The lowest BCUT2D eigenvalue weighted by molar-refractivity contribution is -0.115. The van der Waals surface area contributed by atoms with E-state index in [1.54, 1.807) is 0 Å². The van der Waals surface area contributed by atoms with Gasteiger partial charge in [0.25, 0.3) is 0 Å². The van der Waals surface area contributed by atoms with E-state index in [9.17, 15) is 4.79 Å². The molecule has 5 nitrogen and oxygen atoms in total. The van der Waals surface area contributed by atoms with Crippen molar-refractivity contribution in [2.75, 3.05) is 10.7 Å². The van der Waals surface area contributed by atoms with Gasteiger partial charge in [0.1, 0.15) is 0 Å². The average molecular weight is 352 g/mol. The third-order valence-electron chi connectivity index (χ3n) is 3.73. The van der Waals surface area contributed by atoms with Crippen LogP contribution in [0.15, 0.2) is 53.6 Å². The molecule has 1 amide bonds. The van der Waals surface area contributed by atoms with Crippen LogP contribution in [0.5, 0.6) is 0 Å². The summed E-state index contributed by atoms with van der Waals surface area (Å²) >= 11 is 1.51. The molecule has 3 aromatic rings. The highest BCUT2D eigenvalue weighted by molar-refractivity contribution is 7.22. The molecule has 0 aliphatic carbocycles. The highest BCUT2D eigenvalue weighted by Gasteiger charge is 2.07. The Hall–Kier alpha value is -2.73. The second-order valence-corrected chi connectivity index (χ2v) is 6.76. The summed E-state index contributed by atoms with van der Waals surface area (Å²) in [6.07, 6.45) is 1.26. The van der Waals surface area contributed by atoms with E-state index >= 15 is 0 Å². The molecule has 0 atom stereocenters. The number of nitrogens with zero attached hydrogens (tertiary/aromatic N) is 2. The zero-order valence-corrected chi connectivity index (χ0v) is 15.1. The molecule has 1 heterocycles. The van der Waals surface area contributed by atoms with E-state index in [1.165, 1.54) is 11.3 Å². The van der Waals surface area contributed by atoms with Gasteiger partial charge in [-0.3, -0.25) is 10.2 Å². The molecule has 0 bridgehead atoms. The van der Waals surface area contributed by atoms with Crippen molar-refractivity contribution in [1.82, 2.24) is 4.98 Å². The van der Waals surface area contributed by atoms with Crippen molar-refractivity contribution in [2.45, 2.75) is 26.7 Å². The van der Waals surface area contributed by atoms with Crippen LogP contribution in [0.25, 0.3) is 10.2 Å². The summed E-state index contributed by atoms with van der Waals surface area (Å²) in [5, 5.41) is 7.96. The van der Waals surface area contributed by atoms with Gasteiger partial charge in [-0.2, -0.15) is 5.10 Å². The predicted molar refractivity (Wildman–Crippen MR) is 105 cm³/mol. The first-order valence-corrected chi connectivity index (χ1v) is 8.99. The van der Waals surface area contributed by atoms with E-state index in [-0.39, 0.29) is 5.91 Å². The lowest BCUT2D eigenvalue weighted by Crippen LogP contribution is -2.14. The minimum atomic E-state index is -0.0309. The quantitative estimate of drug-likeness (QED) is 0.500. The lowest BCUT2D eigenvalue weighted by atomic mass is 10.1. The van der Waals surface area contributed by atoms with Crippen molar-refractivity contribution in [1.29, 1.82) is 0 Å². The smallest absolute Gasteiger partial charge is 0.228 e. The zero-order chi connectivity index (χ0) is 17.6. The number of hydrogen-bond acceptors (Lipinski definition) is 5. The van der Waals surface area contributed by atoms with E-state index in [0.717, 1.165) is 38.7 Å². The van der Waals surface area contributed by atoms with Gasteiger partial charge in [-0.25, -0.2) is 4.98 Å². The second kappa shape index (κ2) is 7.90. The number of aromatic nitrogens is 1. The average Bonchev–Trinajstić information content (AvgIpc) is 3.02. The molecule has 2 N–H and O–H groups in total. The van der Waals surface area contributed by atoms with Crippen molar-refractivity contribution in [3.63, 3.8) is 0 Å². The Kier molecular flexibility index (Phi) is 5.40. The number of fused-ring (bicyclic) bond motifs is 1. The van der Waals surface area contributed by atoms with Gasteiger partial charge in [-0.1, -0.05) is 48.6 Å². The highest BCUT2D eigenvalue weighted by Crippen LogP contribution is 2.28. The van der Waals surface area contributed by atoms with E-state index < -0.39 is 0 Å². The summed E-state index contributed by atoms with van der Waals surface area (Å²) < 4.78 is 1.00. The minimum Gasteiger partial charge on any atom is -0.326 e. The Bertz CT molecular complexity index is 902. The van der Waals surface area contributed by atoms with Crippen LogP contribution in [0.4, 0.5) is 10.8 Å². The van der Waals surface area contributed by atoms with Gasteiger partial charge >= 0.3 is 0 Å². The van der Waals surface area contributed by atoms with E-state index in [1.807, 2.05) is 55.5 Å². The van der Waals surface area contributed by atoms with Crippen molar-refractivity contribution in [3.8, 4) is 0 Å². The van der Waals surface area contributed by atoms with Gasteiger partial charge in [0.05, 0.1) is 16.6 Å². The van der Waals surface area contributed by atoms with Gasteiger partial charge in [0, 0.05) is 11.4 Å². The van der Waals surface area contributed by atoms with Crippen molar-refractivity contribution in [2.24, 2.45) is 5.10 Å². The van der Waals surface area contributed by atoms with Crippen LogP contribution in [0.3, 0.4) is 0 Å². The van der Waals surface area contributed by atoms with Crippen LogP contribution in [-0.4, -0.2) is 16.6 Å². The Balaban J connectivity index is 1.69. The molecule has 0 unspecified atom stereocenters. The fourth-order valence-corrected chi connectivity index (χ4v) is 3.11. The molecule has 3 rings (SSSR count). The molecule has 1 aromatic heterocycles. The Morgan fingerprint density at radius 1 is 1.20 bits per heavy atom. The molecule has 25 heavy (non-hydrogen) atoms. The number of carbonyl (C=O) groups excluding carboxylic acids is 1. The molecular formula is C19H20N4OS. The largest absolute Gasteiger partial charge is 0.326 e. The Morgan fingerprint density at radius 3 is 2.76 bits per heavy atom. The molecule has 6 heteroatoms. The normalized spacial score (nSPS) is 11.5. The molecule has 0 spiro atoms. The molecular weight excluding hydrogens is 332 g/mol. The van der Waals surface area contributed by atoms with Crippen LogP contribution in [0.2, 0.25) is 0 Å². The summed E-state index contributed by atoms with van der Waals surface area (Å²) in [4.78, 5) is 16.7. The summed E-state index contributed by atoms with van der Waals surface area (Å²) in [6, 6.07) is 15.4. The number of anilines is 2. The van der Waals surface area contributed by atoms with Crippen LogP contribution in [0, 0.1) is 0 Å². The number of hydrazone groups is 1. The van der Waals surface area contributed by atoms with Crippen molar-refractivity contribution < 1.29 is 4.79 Å². The van der Waals surface area contributed by atoms with Crippen LogP contribution < -0.4 is 10.7 Å². The van der Waals surface area contributed by atoms with Gasteiger partial charge < -0.3 is 5.32 Å². The predicted octanol–water partition coefficient (Wildman–Crippen LogP) is 4.68. The number of nitrogens with one attached hydrogen (secondary N) is 2. The molecule has 0 fully saturated rings. The maximum Gasteiger partial charge on any atom is 0.228 e. The number of amides is 1. The molecule has 128 valence electrons.